The zero-order chi connectivity index (χ0) is 59.5. The highest BCUT2D eigenvalue weighted by molar-refractivity contribution is 5.69. The van der Waals surface area contributed by atoms with Gasteiger partial charge in [0.05, 0.1) is 13.7 Å². The molecule has 486 valence electrons. The summed E-state index contributed by atoms with van der Waals surface area (Å²) in [4.78, 5) is 33.2. The minimum Gasteiger partial charge on any atom is -0.481 e. The maximum atomic E-state index is 11.9. The summed E-state index contributed by atoms with van der Waals surface area (Å²) < 4.78 is 10.1. The van der Waals surface area contributed by atoms with Crippen LogP contribution in [-0.2, 0) is 23.9 Å². The summed E-state index contributed by atoms with van der Waals surface area (Å²) in [6.07, 6.45) is 87.2. The molecular formula is C75H150O6. The molecule has 1 N–H and O–H groups in total. The molecule has 0 aliphatic heterocycles. The molecule has 0 rings (SSSR count). The number of carboxylic acid groups (broad SMARTS) is 1. The van der Waals surface area contributed by atoms with Gasteiger partial charge in [-0.05, 0) is 25.7 Å². The molecule has 0 heterocycles. The van der Waals surface area contributed by atoms with E-state index < -0.39 is 5.97 Å². The largest absolute Gasteiger partial charge is 0.481 e. The predicted octanol–water partition coefficient (Wildman–Crippen LogP) is 26.6. The van der Waals surface area contributed by atoms with Gasteiger partial charge in [-0.2, -0.15) is 0 Å². The van der Waals surface area contributed by atoms with Crippen LogP contribution in [0.4, 0.5) is 0 Å². The first-order valence-electron chi connectivity index (χ1n) is 37.3. The van der Waals surface area contributed by atoms with Crippen LogP contribution in [0.25, 0.3) is 0 Å². The summed E-state index contributed by atoms with van der Waals surface area (Å²) in [5, 5.41) is 8.49. The molecular weight excluding hydrogens is 997 g/mol. The molecule has 0 radical (unpaired) electrons. The third-order valence-electron chi connectivity index (χ3n) is 17.0. The topological polar surface area (TPSA) is 89.9 Å². The van der Waals surface area contributed by atoms with Crippen LogP contribution < -0.4 is 0 Å². The maximum absolute atomic E-state index is 11.9. The fourth-order valence-electron chi connectivity index (χ4n) is 11.3. The zero-order valence-corrected chi connectivity index (χ0v) is 56.4. The van der Waals surface area contributed by atoms with E-state index in [4.69, 9.17) is 9.84 Å². The number of hydrogen-bond acceptors (Lipinski definition) is 5. The molecule has 0 aromatic heterocycles. The predicted molar refractivity (Wildman–Crippen MR) is 358 cm³/mol. The Kier molecular flexibility index (Phi) is 83.1. The highest BCUT2D eigenvalue weighted by atomic mass is 16.5. The molecule has 0 aliphatic carbocycles. The normalized spacial score (nSPS) is 11.1. The van der Waals surface area contributed by atoms with E-state index in [1.54, 1.807) is 0 Å². The number of methoxy groups -OCH3 is 1. The molecule has 0 aliphatic rings. The Hall–Kier alpha value is -1.59. The van der Waals surface area contributed by atoms with Crippen molar-refractivity contribution in [2.45, 2.75) is 451 Å². The van der Waals surface area contributed by atoms with E-state index in [0.29, 0.717) is 25.9 Å². The molecule has 0 amide bonds. The van der Waals surface area contributed by atoms with Crippen LogP contribution in [0.2, 0.25) is 0 Å². The van der Waals surface area contributed by atoms with Crippen molar-refractivity contribution in [1.29, 1.82) is 0 Å². The Balaban J connectivity index is -0.00000122. The number of ether oxygens (including phenoxy) is 2. The molecule has 0 atom stereocenters. The van der Waals surface area contributed by atoms with E-state index in [1.165, 1.54) is 380 Å². The van der Waals surface area contributed by atoms with Crippen LogP contribution in [0.5, 0.6) is 0 Å². The summed E-state index contributed by atoms with van der Waals surface area (Å²) in [6.45, 7) is 9.76. The Labute approximate surface area is 509 Å². The number of hydrogen-bond donors (Lipinski definition) is 1. The molecule has 6 heteroatoms. The lowest BCUT2D eigenvalue weighted by Crippen LogP contribution is -2.05. The van der Waals surface area contributed by atoms with Gasteiger partial charge in [0.2, 0.25) is 0 Å². The highest BCUT2D eigenvalue weighted by Crippen LogP contribution is 2.19. The summed E-state index contributed by atoms with van der Waals surface area (Å²) in [6, 6.07) is 0. The lowest BCUT2D eigenvalue weighted by Gasteiger charge is -2.06. The van der Waals surface area contributed by atoms with Gasteiger partial charge in [0, 0.05) is 19.3 Å². The van der Waals surface area contributed by atoms with Gasteiger partial charge in [0.15, 0.2) is 0 Å². The fourth-order valence-corrected chi connectivity index (χ4v) is 11.3. The SMILES string of the molecule is CCCCCCCCCCCCCCCC(=O)O.CCCCCCCCCCCCCCCCCCCCCC(=O)OC.CCCCCCCCCCCCCCCCCCOC(=O)CCCCCCCCCCCCCCCCC. The minimum absolute atomic E-state index is 0.0284. The lowest BCUT2D eigenvalue weighted by atomic mass is 10.0. The van der Waals surface area contributed by atoms with Gasteiger partial charge >= 0.3 is 17.9 Å². The minimum atomic E-state index is -0.655. The van der Waals surface area contributed by atoms with E-state index in [0.717, 1.165) is 32.1 Å². The van der Waals surface area contributed by atoms with E-state index in [-0.39, 0.29) is 11.9 Å². The van der Waals surface area contributed by atoms with Gasteiger partial charge < -0.3 is 14.6 Å². The van der Waals surface area contributed by atoms with Gasteiger partial charge in [0.25, 0.3) is 0 Å². The van der Waals surface area contributed by atoms with Crippen molar-refractivity contribution in [3.63, 3.8) is 0 Å². The van der Waals surface area contributed by atoms with Crippen molar-refractivity contribution in [2.24, 2.45) is 0 Å². The second-order valence-corrected chi connectivity index (χ2v) is 25.3. The second-order valence-electron chi connectivity index (χ2n) is 25.3. The Morgan fingerprint density at radius 2 is 0.383 bits per heavy atom. The molecule has 0 unspecified atom stereocenters. The average Bonchev–Trinajstić information content (AvgIpc) is 3.46. The van der Waals surface area contributed by atoms with Crippen LogP contribution in [0.1, 0.15) is 451 Å². The molecule has 0 bridgehead atoms. The van der Waals surface area contributed by atoms with Gasteiger partial charge in [-0.15, -0.1) is 0 Å². The number of esters is 2. The third-order valence-corrected chi connectivity index (χ3v) is 17.0. The number of aliphatic carboxylic acids is 1. The van der Waals surface area contributed by atoms with Gasteiger partial charge in [0.1, 0.15) is 0 Å². The number of carbonyl (C=O) groups excluding carboxylic acids is 2. The molecule has 0 fully saturated rings. The Morgan fingerprint density at radius 1 is 0.222 bits per heavy atom. The van der Waals surface area contributed by atoms with Gasteiger partial charge in [-0.1, -0.05) is 407 Å². The third kappa shape index (κ3) is 87.3. The van der Waals surface area contributed by atoms with E-state index in [9.17, 15) is 14.4 Å². The molecule has 0 saturated carbocycles. The van der Waals surface area contributed by atoms with Gasteiger partial charge in [-0.3, -0.25) is 14.4 Å². The summed E-state index contributed by atoms with van der Waals surface area (Å²) in [7, 11) is 1.47. The molecule has 0 aromatic carbocycles. The Bertz CT molecular complexity index is 1140. The van der Waals surface area contributed by atoms with Crippen LogP contribution in [-0.4, -0.2) is 36.7 Å². The van der Waals surface area contributed by atoms with Crippen LogP contribution >= 0.6 is 0 Å². The fraction of sp³-hybridized carbons (Fsp3) is 0.960. The number of unbranched alkanes of at least 4 members (excludes halogenated alkanes) is 59. The Morgan fingerprint density at radius 3 is 0.568 bits per heavy atom. The first kappa shape index (κ1) is 83.6. The number of carboxylic acids is 1. The average molecular weight is 1150 g/mol. The van der Waals surface area contributed by atoms with Crippen molar-refractivity contribution in [3.05, 3.63) is 0 Å². The van der Waals surface area contributed by atoms with Crippen molar-refractivity contribution < 1.29 is 29.0 Å². The maximum Gasteiger partial charge on any atom is 0.305 e. The van der Waals surface area contributed by atoms with E-state index in [2.05, 4.69) is 32.4 Å². The number of rotatable bonds is 67. The van der Waals surface area contributed by atoms with Crippen LogP contribution in [0.3, 0.4) is 0 Å². The van der Waals surface area contributed by atoms with Crippen LogP contribution in [0.15, 0.2) is 0 Å². The van der Waals surface area contributed by atoms with Crippen molar-refractivity contribution in [1.82, 2.24) is 0 Å². The smallest absolute Gasteiger partial charge is 0.305 e. The number of carbonyl (C=O) groups is 3. The first-order chi connectivity index (χ1) is 39.9. The molecule has 0 aromatic rings. The lowest BCUT2D eigenvalue weighted by molar-refractivity contribution is -0.144. The quantitative estimate of drug-likeness (QED) is 0.0482. The van der Waals surface area contributed by atoms with E-state index >= 15 is 0 Å². The van der Waals surface area contributed by atoms with Crippen LogP contribution in [0, 0.1) is 0 Å². The monoisotopic (exact) mass is 1150 g/mol. The summed E-state index contributed by atoms with van der Waals surface area (Å²) in [5.74, 6) is -0.689. The summed E-state index contributed by atoms with van der Waals surface area (Å²) in [5.41, 5.74) is 0. The molecule has 0 spiro atoms. The second kappa shape index (κ2) is 80.5. The summed E-state index contributed by atoms with van der Waals surface area (Å²) >= 11 is 0. The zero-order valence-electron chi connectivity index (χ0n) is 56.4. The molecule has 0 saturated heterocycles. The standard InChI is InChI=1S/C36H72O2.C23H46O2.C16H32O2/c1-3-5-7-9-11-13-15-17-19-21-23-25-27-29-31-33-35-38-36(37)34-32-30-28-26-24-22-20-18-16-14-12-10-8-6-4-2;1-3-4-5-6-7-8-9-10-11-12-13-14-15-16-17-18-19-20-21-22-23(24)25-2;1-2-3-4-5-6-7-8-9-10-11-12-13-14-15-16(17)18/h3-35H2,1-2H3;3-22H2,1-2H3;2-15H2,1H3,(H,17,18). The first-order valence-corrected chi connectivity index (χ1v) is 37.3. The van der Waals surface area contributed by atoms with Crippen molar-refractivity contribution in [2.75, 3.05) is 13.7 Å². The van der Waals surface area contributed by atoms with Crippen molar-refractivity contribution >= 4 is 17.9 Å². The molecule has 6 nitrogen and oxygen atoms in total. The van der Waals surface area contributed by atoms with Crippen molar-refractivity contribution in [3.8, 4) is 0 Å². The molecule has 81 heavy (non-hydrogen) atoms. The van der Waals surface area contributed by atoms with Gasteiger partial charge in [-0.25, -0.2) is 0 Å². The van der Waals surface area contributed by atoms with E-state index in [1.807, 2.05) is 0 Å². The highest BCUT2D eigenvalue weighted by Gasteiger charge is 2.04.